The van der Waals surface area contributed by atoms with Gasteiger partial charge in [-0.1, -0.05) is 11.7 Å². The van der Waals surface area contributed by atoms with Gasteiger partial charge in [-0.3, -0.25) is 14.6 Å². The molecular weight excluding hydrogens is 438 g/mol. The Morgan fingerprint density at radius 3 is 2.79 bits per heavy atom. The monoisotopic (exact) mass is 465 g/mol. The Labute approximate surface area is 197 Å². The van der Waals surface area contributed by atoms with E-state index in [0.717, 1.165) is 0 Å². The minimum atomic E-state index is -0.561. The quantitative estimate of drug-likeness (QED) is 0.223. The van der Waals surface area contributed by atoms with Crippen LogP contribution < -0.4 is 21.1 Å². The number of aromatic nitrogens is 2. The van der Waals surface area contributed by atoms with Crippen LogP contribution in [0.1, 0.15) is 43.2 Å². The molecule has 1 aromatic carbocycles. The lowest BCUT2D eigenvalue weighted by molar-refractivity contribution is -0.116. The maximum Gasteiger partial charge on any atom is 0.270 e. The molecule has 34 heavy (non-hydrogen) atoms. The van der Waals surface area contributed by atoms with Gasteiger partial charge in [-0.25, -0.2) is 9.97 Å². The first-order valence-corrected chi connectivity index (χ1v) is 10.7. The highest BCUT2D eigenvalue weighted by Crippen LogP contribution is 2.27. The SMILES string of the molecule is C=C(O/N=C/C=Nc1ccc(OC(C)C)cc1N)C(C)NC(=O)c1ncnc2c1CCC(=O)N2. The number of fused-ring (bicyclic) bond motifs is 1. The number of nitrogens with zero attached hydrogens (tertiary/aromatic N) is 4. The third-order valence-electron chi connectivity index (χ3n) is 4.73. The van der Waals surface area contributed by atoms with E-state index in [-0.39, 0.29) is 29.9 Å². The number of nitrogen functional groups attached to an aromatic ring is 1. The molecule has 0 aliphatic carbocycles. The molecule has 0 radical (unpaired) electrons. The largest absolute Gasteiger partial charge is 0.491 e. The van der Waals surface area contributed by atoms with Crippen molar-refractivity contribution in [2.24, 2.45) is 10.1 Å². The van der Waals surface area contributed by atoms with Gasteiger partial charge in [-0.15, -0.1) is 0 Å². The fourth-order valence-electron chi connectivity index (χ4n) is 3.04. The number of oxime groups is 1. The van der Waals surface area contributed by atoms with Crippen LogP contribution in [-0.4, -0.2) is 46.4 Å². The Morgan fingerprint density at radius 1 is 1.26 bits per heavy atom. The van der Waals surface area contributed by atoms with Crippen molar-refractivity contribution in [1.82, 2.24) is 15.3 Å². The van der Waals surface area contributed by atoms with E-state index in [4.69, 9.17) is 15.3 Å². The second-order valence-corrected chi connectivity index (χ2v) is 7.77. The molecule has 178 valence electrons. The summed E-state index contributed by atoms with van der Waals surface area (Å²) in [4.78, 5) is 41.7. The zero-order chi connectivity index (χ0) is 24.7. The molecule has 2 aromatic rings. The zero-order valence-electron chi connectivity index (χ0n) is 19.2. The van der Waals surface area contributed by atoms with Crippen molar-refractivity contribution in [1.29, 1.82) is 0 Å². The molecule has 1 aromatic heterocycles. The zero-order valence-corrected chi connectivity index (χ0v) is 19.2. The molecule has 0 saturated heterocycles. The van der Waals surface area contributed by atoms with Crippen LogP contribution >= 0.6 is 0 Å². The van der Waals surface area contributed by atoms with Gasteiger partial charge < -0.3 is 25.9 Å². The van der Waals surface area contributed by atoms with E-state index in [1.807, 2.05) is 13.8 Å². The number of nitrogens with two attached hydrogens (primary N) is 1. The highest BCUT2D eigenvalue weighted by molar-refractivity contribution is 6.16. The van der Waals surface area contributed by atoms with Crippen LogP contribution in [0.4, 0.5) is 17.2 Å². The van der Waals surface area contributed by atoms with E-state index in [2.05, 4.69) is 37.3 Å². The summed E-state index contributed by atoms with van der Waals surface area (Å²) in [6, 6.07) is 4.67. The lowest BCUT2D eigenvalue weighted by Crippen LogP contribution is -2.36. The van der Waals surface area contributed by atoms with Crippen molar-refractivity contribution in [2.75, 3.05) is 11.1 Å². The molecule has 0 bridgehead atoms. The van der Waals surface area contributed by atoms with Gasteiger partial charge in [-0.2, -0.15) is 0 Å². The molecule has 1 aliphatic rings. The van der Waals surface area contributed by atoms with Crippen LogP contribution in [0.5, 0.6) is 5.75 Å². The van der Waals surface area contributed by atoms with Gasteiger partial charge in [-0.05, 0) is 39.3 Å². The molecule has 0 saturated carbocycles. The summed E-state index contributed by atoms with van der Waals surface area (Å²) in [6.45, 7) is 9.34. The molecule has 2 heterocycles. The maximum atomic E-state index is 12.7. The van der Waals surface area contributed by atoms with Gasteiger partial charge in [0.1, 0.15) is 29.3 Å². The molecule has 0 fully saturated rings. The van der Waals surface area contributed by atoms with Gasteiger partial charge in [0.2, 0.25) is 5.91 Å². The van der Waals surface area contributed by atoms with Crippen LogP contribution in [0.2, 0.25) is 0 Å². The summed E-state index contributed by atoms with van der Waals surface area (Å²) in [5.74, 6) is 0.657. The van der Waals surface area contributed by atoms with Gasteiger partial charge in [0.15, 0.2) is 0 Å². The number of anilines is 2. The van der Waals surface area contributed by atoms with E-state index in [1.165, 1.54) is 18.8 Å². The Bertz CT molecular complexity index is 1140. The molecule has 1 aliphatic heterocycles. The van der Waals surface area contributed by atoms with E-state index < -0.39 is 11.9 Å². The average molecular weight is 466 g/mol. The minimum absolute atomic E-state index is 0.0484. The number of hydrogen-bond acceptors (Lipinski definition) is 9. The Kier molecular flexibility index (Phi) is 7.91. The number of benzene rings is 1. The van der Waals surface area contributed by atoms with Gasteiger partial charge in [0.05, 0.1) is 29.7 Å². The van der Waals surface area contributed by atoms with E-state index in [9.17, 15) is 9.59 Å². The number of carbonyl (C=O) groups is 2. The predicted octanol–water partition coefficient (Wildman–Crippen LogP) is 2.77. The Morgan fingerprint density at radius 2 is 2.06 bits per heavy atom. The molecule has 1 unspecified atom stereocenters. The average Bonchev–Trinajstić information content (AvgIpc) is 2.78. The third-order valence-corrected chi connectivity index (χ3v) is 4.73. The minimum Gasteiger partial charge on any atom is -0.491 e. The lowest BCUT2D eigenvalue weighted by Gasteiger charge is -2.19. The predicted molar refractivity (Wildman–Crippen MR) is 129 cm³/mol. The molecular formula is C23H27N7O4. The topological polar surface area (TPSA) is 153 Å². The first-order valence-electron chi connectivity index (χ1n) is 10.7. The van der Waals surface area contributed by atoms with Crippen molar-refractivity contribution in [3.8, 4) is 5.75 Å². The van der Waals surface area contributed by atoms with Crippen molar-refractivity contribution < 1.29 is 19.2 Å². The molecule has 11 nitrogen and oxygen atoms in total. The summed E-state index contributed by atoms with van der Waals surface area (Å²) in [7, 11) is 0. The number of carbonyl (C=O) groups excluding carboxylic acids is 2. The van der Waals surface area contributed by atoms with Gasteiger partial charge in [0, 0.05) is 24.3 Å². The maximum absolute atomic E-state index is 12.7. The highest BCUT2D eigenvalue weighted by Gasteiger charge is 2.24. The summed E-state index contributed by atoms with van der Waals surface area (Å²) in [5.41, 5.74) is 7.81. The number of amides is 2. The summed E-state index contributed by atoms with van der Waals surface area (Å²) in [6.07, 6.45) is 4.69. The number of hydrogen-bond donors (Lipinski definition) is 3. The fourth-order valence-corrected chi connectivity index (χ4v) is 3.04. The van der Waals surface area contributed by atoms with Crippen molar-refractivity contribution >= 4 is 41.4 Å². The molecule has 1 atom stereocenters. The number of ether oxygens (including phenoxy) is 1. The third kappa shape index (κ3) is 6.37. The molecule has 0 spiro atoms. The first-order chi connectivity index (χ1) is 16.2. The van der Waals surface area contributed by atoms with E-state index in [1.54, 1.807) is 25.1 Å². The number of aliphatic imine (C=N–C) groups is 1. The number of nitrogens with one attached hydrogen (secondary N) is 2. The molecule has 4 N–H and O–H groups in total. The van der Waals surface area contributed by atoms with Crippen LogP contribution in [0.3, 0.4) is 0 Å². The first kappa shape index (κ1) is 24.4. The van der Waals surface area contributed by atoms with Gasteiger partial charge >= 0.3 is 0 Å². The Hall–Kier alpha value is -4.28. The number of rotatable bonds is 9. The molecule has 2 amide bonds. The second-order valence-electron chi connectivity index (χ2n) is 7.77. The molecule has 11 heteroatoms. The van der Waals surface area contributed by atoms with Crippen molar-refractivity contribution in [3.63, 3.8) is 0 Å². The Balaban J connectivity index is 1.52. The second kappa shape index (κ2) is 11.0. The van der Waals surface area contributed by atoms with E-state index >= 15 is 0 Å². The van der Waals surface area contributed by atoms with E-state index in [0.29, 0.717) is 34.9 Å². The molecule has 3 rings (SSSR count). The summed E-state index contributed by atoms with van der Waals surface area (Å²) < 4.78 is 5.59. The van der Waals surface area contributed by atoms with Crippen LogP contribution in [0.15, 0.2) is 47.0 Å². The summed E-state index contributed by atoms with van der Waals surface area (Å²) in [5, 5.41) is 9.18. The highest BCUT2D eigenvalue weighted by atomic mass is 16.6. The standard InChI is InChI=1S/C23H27N7O4/c1-13(2)33-16-5-7-19(18(24)11-16)25-9-10-28-34-15(4)14(3)29-23(32)21-17-6-8-20(31)30-22(17)27-12-26-21/h5,7,9-14H,4,6,8,24H2,1-3H3,(H,29,32)(H,26,27,30,31)/b25-9?,28-10+. The van der Waals surface area contributed by atoms with Crippen molar-refractivity contribution in [2.45, 2.75) is 45.8 Å². The van der Waals surface area contributed by atoms with Crippen molar-refractivity contribution in [3.05, 3.63) is 48.1 Å². The summed E-state index contributed by atoms with van der Waals surface area (Å²) >= 11 is 0. The smallest absolute Gasteiger partial charge is 0.270 e. The van der Waals surface area contributed by atoms with Crippen LogP contribution in [0, 0.1) is 0 Å². The van der Waals surface area contributed by atoms with Crippen LogP contribution in [0.25, 0.3) is 0 Å². The van der Waals surface area contributed by atoms with Crippen LogP contribution in [-0.2, 0) is 16.1 Å². The normalized spacial score (nSPS) is 14.1. The fraction of sp³-hybridized carbons (Fsp3) is 0.304. The lowest BCUT2D eigenvalue weighted by atomic mass is 10.0. The van der Waals surface area contributed by atoms with Gasteiger partial charge in [0.25, 0.3) is 5.91 Å².